The third-order valence-electron chi connectivity index (χ3n) is 4.98. The van der Waals surface area contributed by atoms with Crippen LogP contribution < -0.4 is 16.4 Å². The number of nitrogens with zero attached hydrogens (tertiary/aromatic N) is 5. The van der Waals surface area contributed by atoms with Gasteiger partial charge in [0.25, 0.3) is 0 Å². The lowest BCUT2D eigenvalue weighted by molar-refractivity contribution is 0.200. The molecule has 2 aromatic heterocycles. The standard InChI is InChI=1S/C21H27FN8O.2H2/c1-2-24-21(31)29-19-12-16(26-14-27-19)13-30-10-6-15(7-11-30)17-4-5-18(28-20(17)22)25-9-3-8-23;;/h3-5,8-9,12,14-15H,2,6-7,10-11,13,23H2,1H3,(H2,24,26,27,29,31);2*1H/b8-3-,25-9?;;. The van der Waals surface area contributed by atoms with Crippen LogP contribution in [0.5, 0.6) is 0 Å². The van der Waals surface area contributed by atoms with Gasteiger partial charge in [0.05, 0.1) is 5.69 Å². The molecule has 1 aliphatic rings. The molecule has 3 heterocycles. The van der Waals surface area contributed by atoms with Gasteiger partial charge < -0.3 is 11.1 Å². The van der Waals surface area contributed by atoms with Crippen LogP contribution in [0.25, 0.3) is 0 Å². The molecular weight excluding hydrogens is 399 g/mol. The number of urea groups is 1. The fraction of sp³-hybridized carbons (Fsp3) is 0.381. The molecule has 0 atom stereocenters. The fourth-order valence-electron chi connectivity index (χ4n) is 3.49. The monoisotopic (exact) mass is 430 g/mol. The average Bonchev–Trinajstić information content (AvgIpc) is 2.75. The minimum Gasteiger partial charge on any atom is -0.405 e. The summed E-state index contributed by atoms with van der Waals surface area (Å²) >= 11 is 0. The molecule has 0 radical (unpaired) electrons. The Kier molecular flexibility index (Phi) is 7.99. The number of amides is 2. The molecule has 2 amide bonds. The van der Waals surface area contributed by atoms with Gasteiger partial charge in [-0.2, -0.15) is 4.39 Å². The first-order chi connectivity index (χ1) is 15.1. The zero-order valence-electron chi connectivity index (χ0n) is 17.5. The van der Waals surface area contributed by atoms with Crippen LogP contribution in [0.1, 0.15) is 39.8 Å². The van der Waals surface area contributed by atoms with Crippen molar-refractivity contribution < 1.29 is 12.0 Å². The normalized spacial score (nSPS) is 15.5. The predicted octanol–water partition coefficient (Wildman–Crippen LogP) is 3.20. The van der Waals surface area contributed by atoms with E-state index in [1.165, 1.54) is 18.7 Å². The number of aromatic nitrogens is 3. The van der Waals surface area contributed by atoms with E-state index < -0.39 is 5.95 Å². The fourth-order valence-corrected chi connectivity index (χ4v) is 3.49. The Bertz CT molecular complexity index is 952. The summed E-state index contributed by atoms with van der Waals surface area (Å²) in [6, 6.07) is 4.96. The van der Waals surface area contributed by atoms with Crippen LogP contribution in [0.3, 0.4) is 0 Å². The number of piperidine rings is 1. The maximum atomic E-state index is 14.5. The number of halogens is 1. The molecule has 31 heavy (non-hydrogen) atoms. The van der Waals surface area contributed by atoms with Crippen molar-refractivity contribution in [3.63, 3.8) is 0 Å². The van der Waals surface area contributed by atoms with E-state index in [1.54, 1.807) is 24.3 Å². The number of rotatable bonds is 7. The maximum absolute atomic E-state index is 14.5. The predicted molar refractivity (Wildman–Crippen MR) is 122 cm³/mol. The molecular formula is C21H31FN8O. The van der Waals surface area contributed by atoms with Gasteiger partial charge in [-0.15, -0.1) is 0 Å². The quantitative estimate of drug-likeness (QED) is 0.458. The molecule has 0 aromatic carbocycles. The van der Waals surface area contributed by atoms with Crippen molar-refractivity contribution in [2.75, 3.05) is 25.0 Å². The Morgan fingerprint density at radius 3 is 2.90 bits per heavy atom. The zero-order valence-corrected chi connectivity index (χ0v) is 17.5. The highest BCUT2D eigenvalue weighted by Gasteiger charge is 2.24. The Morgan fingerprint density at radius 1 is 1.39 bits per heavy atom. The van der Waals surface area contributed by atoms with Crippen LogP contribution >= 0.6 is 0 Å². The van der Waals surface area contributed by atoms with Gasteiger partial charge in [0.15, 0.2) is 5.82 Å². The van der Waals surface area contributed by atoms with Gasteiger partial charge in [-0.05, 0) is 57.1 Å². The number of anilines is 1. The lowest BCUT2D eigenvalue weighted by Crippen LogP contribution is -2.33. The molecule has 3 rings (SSSR count). The van der Waals surface area contributed by atoms with Gasteiger partial charge in [0.1, 0.15) is 12.1 Å². The first kappa shape index (κ1) is 22.3. The lowest BCUT2D eigenvalue weighted by atomic mass is 9.90. The summed E-state index contributed by atoms with van der Waals surface area (Å²) in [6.45, 7) is 4.65. The van der Waals surface area contributed by atoms with Crippen LogP contribution in [-0.4, -0.2) is 51.7 Å². The second-order valence-electron chi connectivity index (χ2n) is 7.14. The van der Waals surface area contributed by atoms with Gasteiger partial charge in [0.2, 0.25) is 5.95 Å². The minimum atomic E-state index is -0.471. The highest BCUT2D eigenvalue weighted by molar-refractivity contribution is 5.88. The molecule has 4 N–H and O–H groups in total. The third-order valence-corrected chi connectivity index (χ3v) is 4.98. The van der Waals surface area contributed by atoms with E-state index >= 15 is 0 Å². The van der Waals surface area contributed by atoms with E-state index in [9.17, 15) is 9.18 Å². The van der Waals surface area contributed by atoms with Gasteiger partial charge in [-0.25, -0.2) is 24.7 Å². The minimum absolute atomic E-state index is 0. The number of aliphatic imine (C=N–C) groups is 1. The molecule has 10 heteroatoms. The van der Waals surface area contributed by atoms with E-state index in [0.29, 0.717) is 30.3 Å². The van der Waals surface area contributed by atoms with Crippen molar-refractivity contribution >= 4 is 23.9 Å². The SMILES string of the molecule is CCNC(=O)Nc1cc(CN2CCC(c3ccc(N=C/C=C\N)nc3F)CC2)ncn1.[HH].[HH]. The van der Waals surface area contributed by atoms with E-state index in [0.717, 1.165) is 31.6 Å². The number of carbonyl (C=O) groups excluding carboxylic acids is 1. The van der Waals surface area contributed by atoms with Gasteiger partial charge >= 0.3 is 6.03 Å². The highest BCUT2D eigenvalue weighted by Crippen LogP contribution is 2.30. The number of likely N-dealkylation sites (tertiary alicyclic amines) is 1. The molecule has 0 unspecified atom stereocenters. The molecule has 0 spiro atoms. The lowest BCUT2D eigenvalue weighted by Gasteiger charge is -2.31. The number of nitrogens with two attached hydrogens (primary N) is 1. The van der Waals surface area contributed by atoms with Crippen LogP contribution in [0.4, 0.5) is 20.8 Å². The first-order valence-corrected chi connectivity index (χ1v) is 10.2. The number of pyridine rings is 1. The summed E-state index contributed by atoms with van der Waals surface area (Å²) in [7, 11) is 0. The van der Waals surface area contributed by atoms with E-state index in [2.05, 4.69) is 35.5 Å². The first-order valence-electron chi connectivity index (χ1n) is 10.2. The van der Waals surface area contributed by atoms with Gasteiger partial charge in [-0.1, -0.05) is 6.07 Å². The van der Waals surface area contributed by atoms with Crippen molar-refractivity contribution in [3.8, 4) is 0 Å². The van der Waals surface area contributed by atoms with E-state index in [1.807, 2.05) is 6.92 Å². The summed E-state index contributed by atoms with van der Waals surface area (Å²) in [5.41, 5.74) is 6.69. The molecule has 168 valence electrons. The van der Waals surface area contributed by atoms with E-state index in [4.69, 9.17) is 5.73 Å². The van der Waals surface area contributed by atoms with E-state index in [-0.39, 0.29) is 14.8 Å². The number of carbonyl (C=O) groups is 1. The van der Waals surface area contributed by atoms with Crippen LogP contribution in [0.15, 0.2) is 41.8 Å². The molecule has 0 saturated carbocycles. The second kappa shape index (κ2) is 11.1. The van der Waals surface area contributed by atoms with Crippen molar-refractivity contribution in [2.45, 2.75) is 32.2 Å². The van der Waals surface area contributed by atoms with Crippen molar-refractivity contribution in [3.05, 3.63) is 54.0 Å². The van der Waals surface area contributed by atoms with Gasteiger partial charge in [-0.3, -0.25) is 10.2 Å². The Morgan fingerprint density at radius 2 is 2.19 bits per heavy atom. The topological polar surface area (TPSA) is 121 Å². The Balaban J connectivity index is 0.00000272. The zero-order chi connectivity index (χ0) is 22.1. The van der Waals surface area contributed by atoms with Crippen LogP contribution in [-0.2, 0) is 6.54 Å². The highest BCUT2D eigenvalue weighted by atomic mass is 19.1. The average molecular weight is 431 g/mol. The number of hydrogen-bond acceptors (Lipinski definition) is 7. The number of allylic oxidation sites excluding steroid dienone is 1. The smallest absolute Gasteiger partial charge is 0.320 e. The second-order valence-corrected chi connectivity index (χ2v) is 7.14. The van der Waals surface area contributed by atoms with Crippen LogP contribution in [0.2, 0.25) is 0 Å². The number of nitrogens with one attached hydrogen (secondary N) is 2. The molecule has 1 aliphatic heterocycles. The maximum Gasteiger partial charge on any atom is 0.320 e. The van der Waals surface area contributed by atoms with Crippen molar-refractivity contribution in [1.82, 2.24) is 25.2 Å². The molecule has 1 fully saturated rings. The molecule has 0 bridgehead atoms. The summed E-state index contributed by atoms with van der Waals surface area (Å²) in [4.78, 5) is 30.3. The Labute approximate surface area is 183 Å². The molecule has 2 aromatic rings. The molecule has 9 nitrogen and oxygen atoms in total. The number of hydrogen-bond donors (Lipinski definition) is 3. The van der Waals surface area contributed by atoms with Crippen molar-refractivity contribution in [1.29, 1.82) is 0 Å². The largest absolute Gasteiger partial charge is 0.405 e. The Hall–Kier alpha value is -3.40. The summed E-state index contributed by atoms with van der Waals surface area (Å²) in [6.07, 6.45) is 7.48. The molecule has 1 saturated heterocycles. The summed E-state index contributed by atoms with van der Waals surface area (Å²) < 4.78 is 14.5. The van der Waals surface area contributed by atoms with Crippen LogP contribution in [0, 0.1) is 5.95 Å². The summed E-state index contributed by atoms with van der Waals surface area (Å²) in [5, 5.41) is 5.35. The van der Waals surface area contributed by atoms with Gasteiger partial charge in [0, 0.05) is 33.8 Å². The van der Waals surface area contributed by atoms with Crippen molar-refractivity contribution in [2.24, 2.45) is 10.7 Å². The third kappa shape index (κ3) is 6.54. The summed E-state index contributed by atoms with van der Waals surface area (Å²) in [5.74, 6) is 0.425. The molecule has 0 aliphatic carbocycles.